The summed E-state index contributed by atoms with van der Waals surface area (Å²) < 4.78 is 13.7. The van der Waals surface area contributed by atoms with Crippen LogP contribution in [0.4, 0.5) is 4.39 Å². The summed E-state index contributed by atoms with van der Waals surface area (Å²) in [5.74, 6) is 0.613. The fraction of sp³-hybridized carbons (Fsp3) is 0.417. The summed E-state index contributed by atoms with van der Waals surface area (Å²) in [4.78, 5) is 4.14. The van der Waals surface area contributed by atoms with Gasteiger partial charge in [-0.05, 0) is 39.5 Å². The minimum absolute atomic E-state index is 0.286. The molecule has 0 radical (unpaired) electrons. The molecular formula is C12H17BrFN3. The number of halogens is 2. The molecular weight excluding hydrogens is 285 g/mol. The van der Waals surface area contributed by atoms with E-state index < -0.39 is 0 Å². The Kier molecular flexibility index (Phi) is 5.41. The van der Waals surface area contributed by atoms with E-state index in [1.54, 1.807) is 6.07 Å². The smallest absolute Gasteiger partial charge is 0.188 e. The average Bonchev–Trinajstić information content (AvgIpc) is 2.28. The van der Waals surface area contributed by atoms with Crippen molar-refractivity contribution in [2.45, 2.75) is 20.4 Å². The maximum atomic E-state index is 13.2. The van der Waals surface area contributed by atoms with Crippen LogP contribution in [-0.4, -0.2) is 12.5 Å². The summed E-state index contributed by atoms with van der Waals surface area (Å²) in [5.41, 5.74) is 6.47. The van der Waals surface area contributed by atoms with Gasteiger partial charge in [0.25, 0.3) is 0 Å². The highest BCUT2D eigenvalue weighted by atomic mass is 79.9. The van der Waals surface area contributed by atoms with Gasteiger partial charge in [0.1, 0.15) is 5.82 Å². The fourth-order valence-electron chi connectivity index (χ4n) is 1.18. The maximum absolute atomic E-state index is 13.2. The second-order valence-corrected chi connectivity index (χ2v) is 5.08. The third-order valence-electron chi connectivity index (χ3n) is 2.11. The van der Waals surface area contributed by atoms with E-state index >= 15 is 0 Å². The summed E-state index contributed by atoms with van der Waals surface area (Å²) >= 11 is 3.10. The van der Waals surface area contributed by atoms with Crippen molar-refractivity contribution < 1.29 is 4.39 Å². The molecule has 0 aliphatic rings. The van der Waals surface area contributed by atoms with Gasteiger partial charge in [-0.1, -0.05) is 19.9 Å². The lowest BCUT2D eigenvalue weighted by atomic mass is 10.2. The molecule has 0 heterocycles. The minimum Gasteiger partial charge on any atom is -0.370 e. The minimum atomic E-state index is -0.286. The summed E-state index contributed by atoms with van der Waals surface area (Å²) in [5, 5.41) is 3.00. The molecule has 0 aromatic heterocycles. The van der Waals surface area contributed by atoms with Crippen molar-refractivity contribution in [1.29, 1.82) is 0 Å². The number of nitrogens with one attached hydrogen (secondary N) is 1. The predicted octanol–water partition coefficient (Wildman–Crippen LogP) is 2.65. The third kappa shape index (κ3) is 5.17. The number of rotatable bonds is 4. The number of nitrogens with two attached hydrogens (primary N) is 1. The Bertz CT molecular complexity index is 405. The largest absolute Gasteiger partial charge is 0.370 e. The quantitative estimate of drug-likeness (QED) is 0.663. The summed E-state index contributed by atoms with van der Waals surface area (Å²) in [6.45, 7) is 5.33. The van der Waals surface area contributed by atoms with Crippen molar-refractivity contribution in [1.82, 2.24) is 5.32 Å². The SMILES string of the molecule is CC(C)CNC(N)=NCc1ccc(Br)c(F)c1. The highest BCUT2D eigenvalue weighted by Gasteiger charge is 2.00. The molecule has 17 heavy (non-hydrogen) atoms. The first-order valence-corrected chi connectivity index (χ1v) is 6.26. The van der Waals surface area contributed by atoms with Crippen LogP contribution in [0.25, 0.3) is 0 Å². The Balaban J connectivity index is 2.53. The number of aliphatic imine (C=N–C) groups is 1. The summed E-state index contributed by atoms with van der Waals surface area (Å²) in [6, 6.07) is 4.92. The Morgan fingerprint density at radius 2 is 2.24 bits per heavy atom. The van der Waals surface area contributed by atoms with Crippen LogP contribution in [-0.2, 0) is 6.54 Å². The number of guanidine groups is 1. The second kappa shape index (κ2) is 6.59. The van der Waals surface area contributed by atoms with E-state index in [9.17, 15) is 4.39 Å². The van der Waals surface area contributed by atoms with Crippen LogP contribution in [0.2, 0.25) is 0 Å². The predicted molar refractivity (Wildman–Crippen MR) is 72.3 cm³/mol. The van der Waals surface area contributed by atoms with Crippen molar-refractivity contribution in [2.24, 2.45) is 16.6 Å². The van der Waals surface area contributed by atoms with Gasteiger partial charge in [-0.15, -0.1) is 0 Å². The summed E-state index contributed by atoms with van der Waals surface area (Å²) in [6.07, 6.45) is 0. The zero-order chi connectivity index (χ0) is 12.8. The monoisotopic (exact) mass is 301 g/mol. The molecule has 0 unspecified atom stereocenters. The molecule has 1 aromatic carbocycles. The van der Waals surface area contributed by atoms with Crippen LogP contribution >= 0.6 is 15.9 Å². The van der Waals surface area contributed by atoms with Crippen LogP contribution in [0.15, 0.2) is 27.7 Å². The van der Waals surface area contributed by atoms with Gasteiger partial charge >= 0.3 is 0 Å². The molecule has 94 valence electrons. The topological polar surface area (TPSA) is 50.4 Å². The van der Waals surface area contributed by atoms with Crippen molar-refractivity contribution in [3.8, 4) is 0 Å². The van der Waals surface area contributed by atoms with Crippen LogP contribution in [0.5, 0.6) is 0 Å². The Morgan fingerprint density at radius 3 is 2.82 bits per heavy atom. The molecule has 1 aromatic rings. The zero-order valence-corrected chi connectivity index (χ0v) is 11.6. The molecule has 0 atom stereocenters. The van der Waals surface area contributed by atoms with Gasteiger partial charge < -0.3 is 11.1 Å². The Morgan fingerprint density at radius 1 is 1.53 bits per heavy atom. The van der Waals surface area contributed by atoms with Crippen molar-refractivity contribution in [2.75, 3.05) is 6.54 Å². The average molecular weight is 302 g/mol. The van der Waals surface area contributed by atoms with Gasteiger partial charge in [-0.2, -0.15) is 0 Å². The number of hydrogen-bond acceptors (Lipinski definition) is 1. The fourth-order valence-corrected chi connectivity index (χ4v) is 1.43. The highest BCUT2D eigenvalue weighted by molar-refractivity contribution is 9.10. The van der Waals surface area contributed by atoms with Gasteiger partial charge in [0.15, 0.2) is 5.96 Å². The first kappa shape index (κ1) is 14.0. The van der Waals surface area contributed by atoms with Gasteiger partial charge in [0, 0.05) is 6.54 Å². The van der Waals surface area contributed by atoms with E-state index in [2.05, 4.69) is 40.1 Å². The van der Waals surface area contributed by atoms with Gasteiger partial charge in [0.2, 0.25) is 0 Å². The molecule has 3 nitrogen and oxygen atoms in total. The first-order valence-electron chi connectivity index (χ1n) is 5.46. The van der Waals surface area contributed by atoms with Crippen molar-refractivity contribution in [3.05, 3.63) is 34.1 Å². The zero-order valence-electron chi connectivity index (χ0n) is 10.0. The number of benzene rings is 1. The molecule has 0 saturated heterocycles. The lowest BCUT2D eigenvalue weighted by molar-refractivity contribution is 0.617. The molecule has 0 fully saturated rings. The lowest BCUT2D eigenvalue weighted by Gasteiger charge is -2.07. The molecule has 0 spiro atoms. The van der Waals surface area contributed by atoms with E-state index in [1.807, 2.05) is 6.07 Å². The molecule has 5 heteroatoms. The summed E-state index contributed by atoms with van der Waals surface area (Å²) in [7, 11) is 0. The van der Waals surface area contributed by atoms with Crippen molar-refractivity contribution >= 4 is 21.9 Å². The third-order valence-corrected chi connectivity index (χ3v) is 2.75. The molecule has 1 rings (SSSR count). The van der Waals surface area contributed by atoms with Gasteiger partial charge in [0.05, 0.1) is 11.0 Å². The van der Waals surface area contributed by atoms with E-state index in [1.165, 1.54) is 6.07 Å². The Hall–Kier alpha value is -1.10. The molecule has 0 bridgehead atoms. The van der Waals surface area contributed by atoms with E-state index in [-0.39, 0.29) is 5.82 Å². The van der Waals surface area contributed by atoms with Crippen molar-refractivity contribution in [3.63, 3.8) is 0 Å². The highest BCUT2D eigenvalue weighted by Crippen LogP contribution is 2.16. The van der Waals surface area contributed by atoms with Crippen LogP contribution in [0.1, 0.15) is 19.4 Å². The van der Waals surface area contributed by atoms with E-state index in [0.29, 0.717) is 22.9 Å². The molecule has 0 saturated carbocycles. The lowest BCUT2D eigenvalue weighted by Crippen LogP contribution is -2.34. The second-order valence-electron chi connectivity index (χ2n) is 4.22. The van der Waals surface area contributed by atoms with E-state index in [4.69, 9.17) is 5.73 Å². The van der Waals surface area contributed by atoms with Gasteiger partial charge in [-0.25, -0.2) is 9.38 Å². The molecule has 0 aliphatic heterocycles. The first-order chi connectivity index (χ1) is 7.99. The van der Waals surface area contributed by atoms with Crippen LogP contribution in [0, 0.1) is 11.7 Å². The number of hydrogen-bond donors (Lipinski definition) is 2. The van der Waals surface area contributed by atoms with Gasteiger partial charge in [-0.3, -0.25) is 0 Å². The Labute approximate surface area is 109 Å². The standard InChI is InChI=1S/C12H17BrFN3/c1-8(2)6-16-12(15)17-7-9-3-4-10(13)11(14)5-9/h3-5,8H,6-7H2,1-2H3,(H3,15,16,17). The maximum Gasteiger partial charge on any atom is 0.188 e. The van der Waals surface area contributed by atoms with E-state index in [0.717, 1.165) is 12.1 Å². The van der Waals surface area contributed by atoms with Crippen LogP contribution in [0.3, 0.4) is 0 Å². The van der Waals surface area contributed by atoms with Crippen LogP contribution < -0.4 is 11.1 Å². The molecule has 3 N–H and O–H groups in total. The molecule has 0 aliphatic carbocycles. The number of nitrogens with zero attached hydrogens (tertiary/aromatic N) is 1. The molecule has 0 amide bonds. The normalized spacial score (nSPS) is 11.9.